The van der Waals surface area contributed by atoms with Gasteiger partial charge >= 0.3 is 5.97 Å². The number of hydrogen-bond acceptors (Lipinski definition) is 4. The van der Waals surface area contributed by atoms with E-state index in [-0.39, 0.29) is 0 Å². The largest absolute Gasteiger partial charge is 0.493 e. The van der Waals surface area contributed by atoms with Gasteiger partial charge in [0.1, 0.15) is 0 Å². The van der Waals surface area contributed by atoms with Crippen LogP contribution in [-0.2, 0) is 6.54 Å². The van der Waals surface area contributed by atoms with Gasteiger partial charge in [0.05, 0.1) is 19.8 Å². The Morgan fingerprint density at radius 3 is 2.50 bits per heavy atom. The standard InChI is InChI=1S/C17H19NO4/c1-11-13(17(19)20)7-5-8-14(11)18-10-12-6-4-9-15(21-2)16(12)22-3/h4-9,18H,10H2,1-3H3,(H,19,20). The molecule has 0 aliphatic heterocycles. The molecule has 0 atom stereocenters. The molecule has 5 nitrogen and oxygen atoms in total. The summed E-state index contributed by atoms with van der Waals surface area (Å²) < 4.78 is 10.7. The van der Waals surface area contributed by atoms with Gasteiger partial charge in [0.2, 0.25) is 0 Å². The molecule has 116 valence electrons. The third-order valence-electron chi connectivity index (χ3n) is 3.52. The van der Waals surface area contributed by atoms with Gasteiger partial charge < -0.3 is 19.9 Å². The first kappa shape index (κ1) is 15.7. The van der Waals surface area contributed by atoms with Crippen LogP contribution < -0.4 is 14.8 Å². The molecular formula is C17H19NO4. The van der Waals surface area contributed by atoms with Crippen molar-refractivity contribution >= 4 is 11.7 Å². The van der Waals surface area contributed by atoms with Crippen molar-refractivity contribution in [2.75, 3.05) is 19.5 Å². The number of carbonyl (C=O) groups is 1. The molecule has 0 heterocycles. The number of rotatable bonds is 6. The van der Waals surface area contributed by atoms with Crippen molar-refractivity contribution < 1.29 is 19.4 Å². The van der Waals surface area contributed by atoms with Crippen molar-refractivity contribution in [1.82, 2.24) is 0 Å². The zero-order valence-corrected chi connectivity index (χ0v) is 12.8. The second kappa shape index (κ2) is 6.85. The molecule has 0 amide bonds. The fourth-order valence-corrected chi connectivity index (χ4v) is 2.34. The maximum Gasteiger partial charge on any atom is 0.336 e. The molecule has 0 saturated heterocycles. The van der Waals surface area contributed by atoms with Crippen LogP contribution >= 0.6 is 0 Å². The minimum absolute atomic E-state index is 0.294. The van der Waals surface area contributed by atoms with Gasteiger partial charge in [0.25, 0.3) is 0 Å². The van der Waals surface area contributed by atoms with Crippen molar-refractivity contribution in [3.8, 4) is 11.5 Å². The van der Waals surface area contributed by atoms with Crippen LogP contribution in [0.5, 0.6) is 11.5 Å². The van der Waals surface area contributed by atoms with Crippen LogP contribution in [-0.4, -0.2) is 25.3 Å². The molecular weight excluding hydrogens is 282 g/mol. The van der Waals surface area contributed by atoms with Crippen molar-refractivity contribution in [3.05, 3.63) is 53.1 Å². The molecule has 0 aromatic heterocycles. The first-order valence-electron chi connectivity index (χ1n) is 6.85. The van der Waals surface area contributed by atoms with Crippen LogP contribution in [0.3, 0.4) is 0 Å². The van der Waals surface area contributed by atoms with Crippen LogP contribution in [0.15, 0.2) is 36.4 Å². The molecule has 0 aliphatic rings. The number of anilines is 1. The van der Waals surface area contributed by atoms with E-state index in [1.807, 2.05) is 24.3 Å². The van der Waals surface area contributed by atoms with E-state index in [0.717, 1.165) is 11.3 Å². The second-order valence-corrected chi connectivity index (χ2v) is 4.79. The second-order valence-electron chi connectivity index (χ2n) is 4.79. The van der Waals surface area contributed by atoms with Gasteiger partial charge in [-0.2, -0.15) is 0 Å². The Morgan fingerprint density at radius 2 is 1.86 bits per heavy atom. The van der Waals surface area contributed by atoms with Crippen LogP contribution in [0, 0.1) is 6.92 Å². The lowest BCUT2D eigenvalue weighted by molar-refractivity contribution is 0.0696. The van der Waals surface area contributed by atoms with Crippen molar-refractivity contribution in [1.29, 1.82) is 0 Å². The smallest absolute Gasteiger partial charge is 0.336 e. The summed E-state index contributed by atoms with van der Waals surface area (Å²) in [4.78, 5) is 11.2. The highest BCUT2D eigenvalue weighted by Gasteiger charge is 2.12. The maximum atomic E-state index is 11.2. The number of carboxylic acids is 1. The van der Waals surface area contributed by atoms with Gasteiger partial charge in [0.15, 0.2) is 11.5 Å². The summed E-state index contributed by atoms with van der Waals surface area (Å²) in [7, 11) is 3.19. The monoisotopic (exact) mass is 301 g/mol. The van der Waals surface area contributed by atoms with Crippen LogP contribution in [0.1, 0.15) is 21.5 Å². The molecule has 0 unspecified atom stereocenters. The minimum Gasteiger partial charge on any atom is -0.493 e. The van der Waals surface area contributed by atoms with Crippen molar-refractivity contribution in [2.45, 2.75) is 13.5 Å². The maximum absolute atomic E-state index is 11.2. The van der Waals surface area contributed by atoms with Crippen LogP contribution in [0.25, 0.3) is 0 Å². The number of aromatic carboxylic acids is 1. The summed E-state index contributed by atoms with van der Waals surface area (Å²) in [5.41, 5.74) is 2.71. The fourth-order valence-electron chi connectivity index (χ4n) is 2.34. The topological polar surface area (TPSA) is 67.8 Å². The molecule has 22 heavy (non-hydrogen) atoms. The lowest BCUT2D eigenvalue weighted by Crippen LogP contribution is -2.07. The molecule has 2 rings (SSSR count). The number of hydrogen-bond donors (Lipinski definition) is 2. The Hall–Kier alpha value is -2.69. The molecule has 2 aromatic carbocycles. The molecule has 0 saturated carbocycles. The van der Waals surface area contributed by atoms with E-state index in [4.69, 9.17) is 14.6 Å². The van der Waals surface area contributed by atoms with Crippen molar-refractivity contribution in [2.24, 2.45) is 0 Å². The molecule has 0 spiro atoms. The first-order chi connectivity index (χ1) is 10.6. The molecule has 5 heteroatoms. The SMILES string of the molecule is COc1cccc(CNc2cccc(C(=O)O)c2C)c1OC. The summed E-state index contributed by atoms with van der Waals surface area (Å²) >= 11 is 0. The normalized spacial score (nSPS) is 10.1. The number of carboxylic acid groups (broad SMARTS) is 1. The van der Waals surface area contributed by atoms with E-state index >= 15 is 0 Å². The highest BCUT2D eigenvalue weighted by molar-refractivity contribution is 5.91. The van der Waals surface area contributed by atoms with Crippen LogP contribution in [0.2, 0.25) is 0 Å². The van der Waals surface area contributed by atoms with Crippen LogP contribution in [0.4, 0.5) is 5.69 Å². The summed E-state index contributed by atoms with van der Waals surface area (Å²) in [6.45, 7) is 2.29. The Kier molecular flexibility index (Phi) is 4.88. The summed E-state index contributed by atoms with van der Waals surface area (Å²) in [5.74, 6) is 0.405. The highest BCUT2D eigenvalue weighted by atomic mass is 16.5. The molecule has 2 aromatic rings. The zero-order valence-electron chi connectivity index (χ0n) is 12.8. The van der Waals surface area contributed by atoms with Gasteiger partial charge in [-0.05, 0) is 30.7 Å². The highest BCUT2D eigenvalue weighted by Crippen LogP contribution is 2.31. The number of nitrogens with one attached hydrogen (secondary N) is 1. The van der Waals surface area contributed by atoms with E-state index in [1.165, 1.54) is 0 Å². The van der Waals surface area contributed by atoms with Gasteiger partial charge in [-0.15, -0.1) is 0 Å². The molecule has 0 fully saturated rings. The Morgan fingerprint density at radius 1 is 1.14 bits per heavy atom. The quantitative estimate of drug-likeness (QED) is 0.856. The number of methoxy groups -OCH3 is 2. The predicted octanol–water partition coefficient (Wildman–Crippen LogP) is 3.32. The number of para-hydroxylation sites is 1. The molecule has 0 radical (unpaired) electrons. The van der Waals surface area contributed by atoms with Gasteiger partial charge in [0, 0.05) is 17.8 Å². The summed E-state index contributed by atoms with van der Waals surface area (Å²) in [6.07, 6.45) is 0. The molecule has 0 bridgehead atoms. The van der Waals surface area contributed by atoms with E-state index in [0.29, 0.717) is 29.2 Å². The lowest BCUT2D eigenvalue weighted by atomic mass is 10.1. The third-order valence-corrected chi connectivity index (χ3v) is 3.52. The van der Waals surface area contributed by atoms with E-state index in [9.17, 15) is 4.79 Å². The Balaban J connectivity index is 2.24. The predicted molar refractivity (Wildman–Crippen MR) is 85.0 cm³/mol. The fraction of sp³-hybridized carbons (Fsp3) is 0.235. The Bertz CT molecular complexity index is 682. The van der Waals surface area contributed by atoms with Crippen molar-refractivity contribution in [3.63, 3.8) is 0 Å². The average Bonchev–Trinajstić information content (AvgIpc) is 2.53. The van der Waals surface area contributed by atoms with E-state index in [1.54, 1.807) is 33.3 Å². The molecule has 0 aliphatic carbocycles. The van der Waals surface area contributed by atoms with Gasteiger partial charge in [-0.25, -0.2) is 4.79 Å². The number of benzene rings is 2. The summed E-state index contributed by atoms with van der Waals surface area (Å²) in [5, 5.41) is 12.4. The Labute approximate surface area is 129 Å². The zero-order chi connectivity index (χ0) is 16.1. The third kappa shape index (κ3) is 3.14. The first-order valence-corrected chi connectivity index (χ1v) is 6.85. The minimum atomic E-state index is -0.930. The van der Waals surface area contributed by atoms with Gasteiger partial charge in [-0.1, -0.05) is 18.2 Å². The van der Waals surface area contributed by atoms with E-state index in [2.05, 4.69) is 5.32 Å². The summed E-state index contributed by atoms with van der Waals surface area (Å²) in [6, 6.07) is 10.8. The number of ether oxygens (including phenoxy) is 2. The lowest BCUT2D eigenvalue weighted by Gasteiger charge is -2.15. The van der Waals surface area contributed by atoms with Gasteiger partial charge in [-0.3, -0.25) is 0 Å². The van der Waals surface area contributed by atoms with E-state index < -0.39 is 5.97 Å². The molecule has 2 N–H and O–H groups in total. The average molecular weight is 301 g/mol.